The number of hydrogen-bond acceptors (Lipinski definition) is 6. The van der Waals surface area contributed by atoms with Crippen LogP contribution in [0, 0.1) is 0 Å². The Labute approximate surface area is 149 Å². The highest BCUT2D eigenvalue weighted by Gasteiger charge is 2.43. The van der Waals surface area contributed by atoms with Crippen molar-refractivity contribution in [2.45, 2.75) is 43.5 Å². The van der Waals surface area contributed by atoms with Crippen LogP contribution in [0.2, 0.25) is 0 Å². The first kappa shape index (κ1) is 19.0. The van der Waals surface area contributed by atoms with E-state index < -0.39 is 37.1 Å². The molecule has 0 bridgehead atoms. The first-order chi connectivity index (χ1) is 11.1. The fourth-order valence-corrected chi connectivity index (χ4v) is 3.05. The van der Waals surface area contributed by atoms with E-state index in [1.54, 1.807) is 0 Å². The molecular formula is C16H24INO5. The number of nitrogens with one attached hydrogen (secondary N) is 1. The van der Waals surface area contributed by atoms with Crippen molar-refractivity contribution < 1.29 is 25.2 Å². The van der Waals surface area contributed by atoms with Crippen molar-refractivity contribution in [2.75, 3.05) is 17.6 Å². The van der Waals surface area contributed by atoms with E-state index >= 15 is 0 Å². The molecule has 7 heteroatoms. The highest BCUT2D eigenvalue weighted by Crippen LogP contribution is 2.23. The molecule has 1 saturated heterocycles. The van der Waals surface area contributed by atoms with Gasteiger partial charge < -0.3 is 30.5 Å². The van der Waals surface area contributed by atoms with E-state index in [4.69, 9.17) is 4.74 Å². The average Bonchev–Trinajstić information content (AvgIpc) is 2.57. The van der Waals surface area contributed by atoms with Crippen molar-refractivity contribution in [1.29, 1.82) is 0 Å². The molecule has 130 valence electrons. The number of hydrogen-bond donors (Lipinski definition) is 5. The summed E-state index contributed by atoms with van der Waals surface area (Å²) >= 11 is 2.32. The Hall–Kier alpha value is -0.290. The van der Waals surface area contributed by atoms with Crippen LogP contribution in [-0.2, 0) is 17.7 Å². The Morgan fingerprint density at radius 3 is 2.17 bits per heavy atom. The van der Waals surface area contributed by atoms with Gasteiger partial charge in [0.25, 0.3) is 0 Å². The van der Waals surface area contributed by atoms with Crippen LogP contribution in [0.4, 0.5) is 0 Å². The molecule has 0 radical (unpaired) electrons. The molecule has 0 saturated carbocycles. The van der Waals surface area contributed by atoms with Crippen molar-refractivity contribution in [1.82, 2.24) is 5.32 Å². The lowest BCUT2D eigenvalue weighted by atomic mass is 9.91. The number of alkyl halides is 1. The summed E-state index contributed by atoms with van der Waals surface area (Å²) in [5.74, 6) is 0. The Morgan fingerprint density at radius 2 is 1.57 bits per heavy atom. The predicted octanol–water partition coefficient (Wildman–Crippen LogP) is -0.404. The third-order valence-corrected chi connectivity index (χ3v) is 4.59. The number of aliphatic hydroxyl groups is 4. The molecular weight excluding hydrogens is 413 g/mol. The van der Waals surface area contributed by atoms with Gasteiger partial charge >= 0.3 is 0 Å². The molecule has 5 atom stereocenters. The summed E-state index contributed by atoms with van der Waals surface area (Å²) < 4.78 is 6.58. The Balaban J connectivity index is 1.95. The van der Waals surface area contributed by atoms with E-state index in [0.717, 1.165) is 23.1 Å². The van der Waals surface area contributed by atoms with Crippen LogP contribution >= 0.6 is 22.6 Å². The average molecular weight is 437 g/mol. The fraction of sp³-hybridized carbons (Fsp3) is 0.625. The first-order valence-electron chi connectivity index (χ1n) is 7.71. The maximum Gasteiger partial charge on any atom is 0.111 e. The predicted molar refractivity (Wildman–Crippen MR) is 94.5 cm³/mol. The third-order valence-electron chi connectivity index (χ3n) is 4.05. The quantitative estimate of drug-likeness (QED) is 0.226. The second-order valence-corrected chi connectivity index (χ2v) is 6.83. The van der Waals surface area contributed by atoms with Crippen LogP contribution in [-0.4, -0.2) is 68.5 Å². The molecule has 5 N–H and O–H groups in total. The number of aliphatic hydroxyl groups excluding tert-OH is 4. The lowest BCUT2D eigenvalue weighted by Gasteiger charge is -2.40. The Bertz CT molecular complexity index is 470. The lowest BCUT2D eigenvalue weighted by Crippen LogP contribution is -2.58. The summed E-state index contributed by atoms with van der Waals surface area (Å²) in [6, 6.07) is 7.95. The van der Waals surface area contributed by atoms with Gasteiger partial charge in [0, 0.05) is 23.9 Å². The van der Waals surface area contributed by atoms with Crippen LogP contribution in [0.3, 0.4) is 0 Å². The molecule has 1 aliphatic rings. The molecule has 0 aromatic heterocycles. The van der Waals surface area contributed by atoms with Crippen molar-refractivity contribution >= 4 is 22.6 Å². The van der Waals surface area contributed by atoms with E-state index in [1.165, 1.54) is 5.56 Å². The standard InChI is InChI=1S/C16H24INO5/c17-5-6-18-8-11-3-1-10(2-4-11)7-12-14(20)16(22)15(21)13(9-19)23-12/h1-4,12-16,18-22H,5-9H2. The van der Waals surface area contributed by atoms with E-state index in [0.29, 0.717) is 6.42 Å². The number of halogens is 1. The summed E-state index contributed by atoms with van der Waals surface area (Å²) in [6.07, 6.45) is -4.91. The Morgan fingerprint density at radius 1 is 0.957 bits per heavy atom. The van der Waals surface area contributed by atoms with Crippen molar-refractivity contribution in [3.05, 3.63) is 35.4 Å². The summed E-state index contributed by atoms with van der Waals surface area (Å²) in [5, 5.41) is 42.2. The highest BCUT2D eigenvalue weighted by molar-refractivity contribution is 14.1. The van der Waals surface area contributed by atoms with Crippen molar-refractivity contribution in [3.63, 3.8) is 0 Å². The highest BCUT2D eigenvalue weighted by atomic mass is 127. The molecule has 1 fully saturated rings. The molecule has 23 heavy (non-hydrogen) atoms. The van der Waals surface area contributed by atoms with E-state index in [9.17, 15) is 20.4 Å². The van der Waals surface area contributed by atoms with Gasteiger partial charge in [-0.1, -0.05) is 46.9 Å². The van der Waals surface area contributed by atoms with Crippen LogP contribution in [0.1, 0.15) is 11.1 Å². The van der Waals surface area contributed by atoms with E-state index in [-0.39, 0.29) is 0 Å². The zero-order valence-corrected chi connectivity index (χ0v) is 15.0. The molecule has 1 aromatic carbocycles. The van der Waals surface area contributed by atoms with Crippen LogP contribution in [0.15, 0.2) is 24.3 Å². The van der Waals surface area contributed by atoms with Gasteiger partial charge in [-0.3, -0.25) is 0 Å². The van der Waals surface area contributed by atoms with Gasteiger partial charge in [0.1, 0.15) is 24.4 Å². The lowest BCUT2D eigenvalue weighted by molar-refractivity contribution is -0.228. The van der Waals surface area contributed by atoms with Crippen molar-refractivity contribution in [3.8, 4) is 0 Å². The topological polar surface area (TPSA) is 102 Å². The minimum Gasteiger partial charge on any atom is -0.394 e. The SMILES string of the molecule is OCC1OC(Cc2ccc(CNCCI)cc2)C(O)C(O)C1O. The Kier molecular flexibility index (Phi) is 7.67. The molecule has 1 heterocycles. The molecule has 1 aromatic rings. The minimum absolute atomic E-state index is 0.400. The van der Waals surface area contributed by atoms with E-state index in [1.807, 2.05) is 24.3 Å². The van der Waals surface area contributed by atoms with Crippen molar-refractivity contribution in [2.24, 2.45) is 0 Å². The zero-order valence-electron chi connectivity index (χ0n) is 12.8. The van der Waals surface area contributed by atoms with E-state index in [2.05, 4.69) is 27.9 Å². The molecule has 0 aliphatic carbocycles. The van der Waals surface area contributed by atoms with Gasteiger partial charge in [0.15, 0.2) is 0 Å². The zero-order chi connectivity index (χ0) is 16.8. The van der Waals surface area contributed by atoms with Gasteiger partial charge in [0.2, 0.25) is 0 Å². The number of rotatable bonds is 7. The minimum atomic E-state index is -1.32. The molecule has 6 nitrogen and oxygen atoms in total. The maximum atomic E-state index is 10.1. The molecule has 0 spiro atoms. The van der Waals surface area contributed by atoms with Crippen LogP contribution in [0.5, 0.6) is 0 Å². The second kappa shape index (κ2) is 9.26. The normalized spacial score (nSPS) is 31.3. The van der Waals surface area contributed by atoms with Gasteiger partial charge in [-0.2, -0.15) is 0 Å². The van der Waals surface area contributed by atoms with Crippen LogP contribution < -0.4 is 5.32 Å². The summed E-state index contributed by atoms with van der Waals surface area (Å²) in [6.45, 7) is 1.37. The largest absolute Gasteiger partial charge is 0.394 e. The summed E-state index contributed by atoms with van der Waals surface area (Å²) in [7, 11) is 0. The molecule has 5 unspecified atom stereocenters. The molecule has 2 rings (SSSR count). The first-order valence-corrected chi connectivity index (χ1v) is 9.24. The van der Waals surface area contributed by atoms with Gasteiger partial charge in [-0.15, -0.1) is 0 Å². The summed E-state index contributed by atoms with van der Waals surface area (Å²) in [4.78, 5) is 0. The van der Waals surface area contributed by atoms with Crippen LogP contribution in [0.25, 0.3) is 0 Å². The monoisotopic (exact) mass is 437 g/mol. The molecule has 1 aliphatic heterocycles. The molecule has 0 amide bonds. The number of ether oxygens (including phenoxy) is 1. The van der Waals surface area contributed by atoms with Gasteiger partial charge in [-0.05, 0) is 11.1 Å². The van der Waals surface area contributed by atoms with Gasteiger partial charge in [0.05, 0.1) is 12.7 Å². The second-order valence-electron chi connectivity index (χ2n) is 5.75. The smallest absolute Gasteiger partial charge is 0.111 e. The van der Waals surface area contributed by atoms with Gasteiger partial charge in [-0.25, -0.2) is 0 Å². The maximum absolute atomic E-state index is 10.1. The fourth-order valence-electron chi connectivity index (χ4n) is 2.67. The summed E-state index contributed by atoms with van der Waals surface area (Å²) in [5.41, 5.74) is 2.14. The number of benzene rings is 1. The third kappa shape index (κ3) is 5.09.